The number of carboxylic acids is 1. The molecule has 0 spiro atoms. The highest BCUT2D eigenvalue weighted by Gasteiger charge is 2.49. The predicted octanol–water partition coefficient (Wildman–Crippen LogP) is 4.41. The van der Waals surface area contributed by atoms with Gasteiger partial charge >= 0.3 is 5.97 Å². The van der Waals surface area contributed by atoms with Crippen LogP contribution in [0.1, 0.15) is 69.4 Å². The van der Waals surface area contributed by atoms with E-state index in [1.807, 2.05) is 6.07 Å². The second-order valence-electron chi connectivity index (χ2n) is 8.17. The molecule has 0 aliphatic heterocycles. The van der Waals surface area contributed by atoms with Gasteiger partial charge < -0.3 is 15.3 Å². The molecule has 0 bridgehead atoms. The Morgan fingerprint density at radius 2 is 1.71 bits per heavy atom. The van der Waals surface area contributed by atoms with E-state index in [9.17, 15) is 20.1 Å². The number of phenols is 2. The van der Waals surface area contributed by atoms with Crippen LogP contribution in [-0.4, -0.2) is 21.3 Å². The van der Waals surface area contributed by atoms with Crippen LogP contribution in [0.3, 0.4) is 0 Å². The van der Waals surface area contributed by atoms with Crippen molar-refractivity contribution >= 4 is 5.97 Å². The van der Waals surface area contributed by atoms with E-state index in [0.717, 1.165) is 43.2 Å². The van der Waals surface area contributed by atoms with E-state index in [4.69, 9.17) is 0 Å². The molecule has 3 rings (SSSR count). The van der Waals surface area contributed by atoms with Gasteiger partial charge in [-0.3, -0.25) is 4.79 Å². The average Bonchev–Trinajstić information content (AvgIpc) is 3.44. The maximum atomic E-state index is 11.3. The lowest BCUT2D eigenvalue weighted by molar-refractivity contribution is -0.143. The number of aryl methyl sites for hydroxylation is 1. The van der Waals surface area contributed by atoms with Gasteiger partial charge in [-0.1, -0.05) is 13.0 Å². The van der Waals surface area contributed by atoms with Crippen molar-refractivity contribution in [2.24, 2.45) is 10.8 Å². The van der Waals surface area contributed by atoms with Gasteiger partial charge in [0.1, 0.15) is 0 Å². The minimum absolute atomic E-state index is 0.0229. The first-order valence-corrected chi connectivity index (χ1v) is 9.11. The molecule has 4 heteroatoms. The van der Waals surface area contributed by atoms with Crippen molar-refractivity contribution < 1.29 is 20.1 Å². The maximum Gasteiger partial charge on any atom is 0.309 e. The standard InChI is InChI=1S/C20H28O4/c1-19(10-11-19)8-2-4-14-6-7-16(21)17(22)15(14)5-3-9-20(12-13-20)18(23)24/h6-7,21-22H,2-5,8-13H2,1H3,(H,23,24). The van der Waals surface area contributed by atoms with Crippen LogP contribution in [0.25, 0.3) is 0 Å². The Morgan fingerprint density at radius 3 is 2.29 bits per heavy atom. The maximum absolute atomic E-state index is 11.3. The molecule has 1 aromatic carbocycles. The molecule has 2 aliphatic rings. The van der Waals surface area contributed by atoms with E-state index in [1.54, 1.807) is 6.07 Å². The van der Waals surface area contributed by atoms with Crippen LogP contribution < -0.4 is 0 Å². The first-order valence-electron chi connectivity index (χ1n) is 9.11. The van der Waals surface area contributed by atoms with E-state index < -0.39 is 11.4 Å². The largest absolute Gasteiger partial charge is 0.504 e. The van der Waals surface area contributed by atoms with Crippen LogP contribution in [0.2, 0.25) is 0 Å². The molecule has 3 N–H and O–H groups in total. The minimum Gasteiger partial charge on any atom is -0.504 e. The molecule has 4 nitrogen and oxygen atoms in total. The van der Waals surface area contributed by atoms with Crippen molar-refractivity contribution in [3.05, 3.63) is 23.3 Å². The zero-order valence-corrected chi connectivity index (χ0v) is 14.5. The Kier molecular flexibility index (Phi) is 4.50. The molecule has 0 aromatic heterocycles. The fraction of sp³-hybridized carbons (Fsp3) is 0.650. The molecule has 2 saturated carbocycles. The Bertz CT molecular complexity index is 627. The first-order chi connectivity index (χ1) is 11.4. The van der Waals surface area contributed by atoms with Gasteiger partial charge in [0.25, 0.3) is 0 Å². The Balaban J connectivity index is 1.61. The summed E-state index contributed by atoms with van der Waals surface area (Å²) in [5.41, 5.74) is 1.90. The summed E-state index contributed by atoms with van der Waals surface area (Å²) >= 11 is 0. The van der Waals surface area contributed by atoms with Crippen molar-refractivity contribution in [1.82, 2.24) is 0 Å². The molecule has 0 heterocycles. The molecule has 2 fully saturated rings. The van der Waals surface area contributed by atoms with Crippen LogP contribution in [0.15, 0.2) is 12.1 Å². The number of hydrogen-bond donors (Lipinski definition) is 3. The van der Waals surface area contributed by atoms with Crippen LogP contribution in [0.5, 0.6) is 11.5 Å². The molecular weight excluding hydrogens is 304 g/mol. The number of rotatable bonds is 9. The van der Waals surface area contributed by atoms with Crippen LogP contribution >= 0.6 is 0 Å². The summed E-state index contributed by atoms with van der Waals surface area (Å²) in [5.74, 6) is -0.798. The van der Waals surface area contributed by atoms with Gasteiger partial charge in [-0.2, -0.15) is 0 Å². The first kappa shape index (κ1) is 17.1. The molecule has 132 valence electrons. The van der Waals surface area contributed by atoms with Crippen LogP contribution in [0.4, 0.5) is 0 Å². The number of carbonyl (C=O) groups is 1. The lowest BCUT2D eigenvalue weighted by Gasteiger charge is -2.15. The lowest BCUT2D eigenvalue weighted by Crippen LogP contribution is -2.14. The predicted molar refractivity (Wildman–Crippen MR) is 92.3 cm³/mol. The normalized spacial score (nSPS) is 19.9. The Hall–Kier alpha value is -1.71. The van der Waals surface area contributed by atoms with Crippen molar-refractivity contribution in [1.29, 1.82) is 0 Å². The molecule has 2 aliphatic carbocycles. The molecule has 24 heavy (non-hydrogen) atoms. The molecule has 0 unspecified atom stereocenters. The second-order valence-corrected chi connectivity index (χ2v) is 8.17. The van der Waals surface area contributed by atoms with Crippen LogP contribution in [0, 0.1) is 10.8 Å². The Labute approximate surface area is 143 Å². The molecule has 0 atom stereocenters. The Morgan fingerprint density at radius 1 is 1.04 bits per heavy atom. The third-order valence-electron chi connectivity index (χ3n) is 6.08. The van der Waals surface area contributed by atoms with E-state index in [0.29, 0.717) is 18.3 Å². The zero-order valence-electron chi connectivity index (χ0n) is 14.5. The number of aliphatic carboxylic acids is 1. The fourth-order valence-electron chi connectivity index (χ4n) is 3.67. The van der Waals surface area contributed by atoms with Crippen molar-refractivity contribution in [2.45, 2.75) is 71.1 Å². The highest BCUT2D eigenvalue weighted by atomic mass is 16.4. The van der Waals surface area contributed by atoms with Gasteiger partial charge in [0, 0.05) is 5.56 Å². The van der Waals surface area contributed by atoms with Crippen molar-refractivity contribution in [2.75, 3.05) is 0 Å². The second kappa shape index (κ2) is 6.30. The van der Waals surface area contributed by atoms with Gasteiger partial charge in [-0.05, 0) is 81.3 Å². The van der Waals surface area contributed by atoms with E-state index in [-0.39, 0.29) is 11.5 Å². The van der Waals surface area contributed by atoms with Gasteiger partial charge in [0.05, 0.1) is 5.41 Å². The van der Waals surface area contributed by atoms with Crippen LogP contribution in [-0.2, 0) is 17.6 Å². The van der Waals surface area contributed by atoms with E-state index in [2.05, 4.69) is 6.92 Å². The molecule has 0 radical (unpaired) electrons. The number of phenolic OH excluding ortho intramolecular Hbond substituents is 2. The summed E-state index contributed by atoms with van der Waals surface area (Å²) in [6.45, 7) is 2.32. The van der Waals surface area contributed by atoms with Crippen molar-refractivity contribution in [3.63, 3.8) is 0 Å². The van der Waals surface area contributed by atoms with Gasteiger partial charge in [-0.25, -0.2) is 0 Å². The van der Waals surface area contributed by atoms with Gasteiger partial charge in [0.2, 0.25) is 0 Å². The summed E-state index contributed by atoms with van der Waals surface area (Å²) in [4.78, 5) is 11.3. The lowest BCUT2D eigenvalue weighted by atomic mass is 9.91. The fourth-order valence-corrected chi connectivity index (χ4v) is 3.67. The SMILES string of the molecule is CC1(CCCc2ccc(O)c(O)c2CCCC2(C(=O)O)CC2)CC1. The highest BCUT2D eigenvalue weighted by Crippen LogP contribution is 2.51. The number of benzene rings is 1. The third kappa shape index (κ3) is 3.68. The monoisotopic (exact) mass is 332 g/mol. The summed E-state index contributed by atoms with van der Waals surface area (Å²) in [5, 5.41) is 29.3. The van der Waals surface area contributed by atoms with E-state index in [1.165, 1.54) is 19.3 Å². The van der Waals surface area contributed by atoms with Gasteiger partial charge in [0.15, 0.2) is 11.5 Å². The zero-order chi connectivity index (χ0) is 17.4. The quantitative estimate of drug-likeness (QED) is 0.585. The average molecular weight is 332 g/mol. The number of hydrogen-bond acceptors (Lipinski definition) is 3. The number of carboxylic acid groups (broad SMARTS) is 1. The van der Waals surface area contributed by atoms with Gasteiger partial charge in [-0.15, -0.1) is 0 Å². The minimum atomic E-state index is -0.694. The highest BCUT2D eigenvalue weighted by molar-refractivity contribution is 5.77. The molecule has 0 saturated heterocycles. The topological polar surface area (TPSA) is 77.8 Å². The smallest absolute Gasteiger partial charge is 0.309 e. The number of aromatic hydroxyl groups is 2. The molecular formula is C20H28O4. The molecule has 0 amide bonds. The van der Waals surface area contributed by atoms with E-state index >= 15 is 0 Å². The van der Waals surface area contributed by atoms with Crippen molar-refractivity contribution in [3.8, 4) is 11.5 Å². The summed E-state index contributed by atoms with van der Waals surface area (Å²) in [7, 11) is 0. The summed E-state index contributed by atoms with van der Waals surface area (Å²) in [6, 6.07) is 3.47. The summed E-state index contributed by atoms with van der Waals surface area (Å²) < 4.78 is 0. The third-order valence-corrected chi connectivity index (χ3v) is 6.08. The molecule has 1 aromatic rings. The summed E-state index contributed by atoms with van der Waals surface area (Å²) in [6.07, 6.45) is 9.37.